The van der Waals surface area contributed by atoms with Crippen molar-refractivity contribution in [2.45, 2.75) is 20.0 Å². The van der Waals surface area contributed by atoms with Gasteiger partial charge < -0.3 is 10.6 Å². The van der Waals surface area contributed by atoms with Crippen molar-refractivity contribution in [2.75, 3.05) is 12.8 Å². The molecular weight excluding hydrogens is 244 g/mol. The van der Waals surface area contributed by atoms with Crippen LogP contribution in [0, 0.1) is 6.92 Å². The number of carbonyl (C=O) groups excluding carboxylic acids is 1. The number of nitrogens with zero attached hydrogens (tertiary/aromatic N) is 5. The van der Waals surface area contributed by atoms with Gasteiger partial charge in [0.15, 0.2) is 0 Å². The topological polar surface area (TPSA) is 82.0 Å². The number of likely N-dealkylation sites (N-methyl/N-ethyl adjacent to an activating group) is 1. The maximum Gasteiger partial charge on any atom is 0.244 e. The van der Waals surface area contributed by atoms with Crippen molar-refractivity contribution in [1.29, 1.82) is 0 Å². The van der Waals surface area contributed by atoms with Crippen LogP contribution < -0.4 is 5.73 Å². The highest BCUT2D eigenvalue weighted by Gasteiger charge is 2.13. The Balaban J connectivity index is 1.98. The van der Waals surface area contributed by atoms with E-state index in [2.05, 4.69) is 10.2 Å². The highest BCUT2D eigenvalue weighted by atomic mass is 16.2. The smallest absolute Gasteiger partial charge is 0.244 e. The molecule has 0 aliphatic rings. The van der Waals surface area contributed by atoms with Gasteiger partial charge in [-0.15, -0.1) is 0 Å². The van der Waals surface area contributed by atoms with Crippen LogP contribution in [0.5, 0.6) is 0 Å². The molecule has 0 saturated heterocycles. The molecule has 19 heavy (non-hydrogen) atoms. The lowest BCUT2D eigenvalue weighted by Crippen LogP contribution is -2.30. The number of nitrogens with two attached hydrogens (primary N) is 1. The minimum Gasteiger partial charge on any atom is -0.382 e. The van der Waals surface area contributed by atoms with Crippen LogP contribution >= 0.6 is 0 Å². The van der Waals surface area contributed by atoms with Crippen molar-refractivity contribution in [1.82, 2.24) is 24.5 Å². The number of anilines is 1. The number of carbonyl (C=O) groups is 1. The predicted molar refractivity (Wildman–Crippen MR) is 71.1 cm³/mol. The number of hydrogen-bond acceptors (Lipinski definition) is 4. The summed E-state index contributed by atoms with van der Waals surface area (Å²) in [4.78, 5) is 13.7. The van der Waals surface area contributed by atoms with Crippen LogP contribution in [0.3, 0.4) is 0 Å². The zero-order chi connectivity index (χ0) is 14.0. The quantitative estimate of drug-likeness (QED) is 0.851. The van der Waals surface area contributed by atoms with E-state index in [9.17, 15) is 4.79 Å². The van der Waals surface area contributed by atoms with Crippen molar-refractivity contribution in [3.8, 4) is 0 Å². The van der Waals surface area contributed by atoms with E-state index in [0.717, 1.165) is 11.3 Å². The van der Waals surface area contributed by atoms with Crippen molar-refractivity contribution < 1.29 is 4.79 Å². The lowest BCUT2D eigenvalue weighted by atomic mass is 10.2. The van der Waals surface area contributed by atoms with Gasteiger partial charge in [-0.1, -0.05) is 0 Å². The molecule has 0 saturated carbocycles. The van der Waals surface area contributed by atoms with Crippen LogP contribution in [0.4, 0.5) is 5.82 Å². The Hall–Kier alpha value is -2.31. The summed E-state index contributed by atoms with van der Waals surface area (Å²) < 4.78 is 3.33. The van der Waals surface area contributed by atoms with Crippen LogP contribution in [0.25, 0.3) is 0 Å². The van der Waals surface area contributed by atoms with Crippen LogP contribution in [-0.4, -0.2) is 37.4 Å². The molecule has 0 aromatic carbocycles. The van der Waals surface area contributed by atoms with Gasteiger partial charge in [0.25, 0.3) is 0 Å². The Bertz CT molecular complexity index is 585. The van der Waals surface area contributed by atoms with Gasteiger partial charge in [0.05, 0.1) is 6.20 Å². The SMILES string of the molecule is Cc1c(CN(C)C(=O)Cn2ccc(N)n2)cnn1C. The summed E-state index contributed by atoms with van der Waals surface area (Å²) in [6, 6.07) is 1.67. The lowest BCUT2D eigenvalue weighted by molar-refractivity contribution is -0.131. The van der Waals surface area contributed by atoms with Crippen molar-refractivity contribution in [2.24, 2.45) is 7.05 Å². The number of nitrogen functional groups attached to an aromatic ring is 1. The molecule has 7 nitrogen and oxygen atoms in total. The Morgan fingerprint density at radius 3 is 2.79 bits per heavy atom. The van der Waals surface area contributed by atoms with Gasteiger partial charge >= 0.3 is 0 Å². The Labute approximate surface area is 111 Å². The summed E-state index contributed by atoms with van der Waals surface area (Å²) in [6.45, 7) is 2.71. The molecule has 0 bridgehead atoms. The van der Waals surface area contributed by atoms with E-state index in [4.69, 9.17) is 5.73 Å². The average molecular weight is 262 g/mol. The molecule has 2 aromatic heterocycles. The second kappa shape index (κ2) is 5.13. The minimum atomic E-state index is -0.0219. The maximum absolute atomic E-state index is 12.0. The third kappa shape index (κ3) is 2.93. The van der Waals surface area contributed by atoms with Crippen molar-refractivity contribution in [3.05, 3.63) is 29.7 Å². The Morgan fingerprint density at radius 1 is 1.53 bits per heavy atom. The molecule has 1 amide bonds. The van der Waals surface area contributed by atoms with E-state index in [1.165, 1.54) is 4.68 Å². The second-order valence-corrected chi connectivity index (χ2v) is 4.57. The fourth-order valence-corrected chi connectivity index (χ4v) is 1.77. The van der Waals surface area contributed by atoms with Gasteiger partial charge in [-0.05, 0) is 13.0 Å². The summed E-state index contributed by atoms with van der Waals surface area (Å²) in [5.41, 5.74) is 7.61. The summed E-state index contributed by atoms with van der Waals surface area (Å²) in [5.74, 6) is 0.393. The molecule has 102 valence electrons. The largest absolute Gasteiger partial charge is 0.382 e. The fourth-order valence-electron chi connectivity index (χ4n) is 1.77. The molecule has 7 heteroatoms. The first-order valence-corrected chi connectivity index (χ1v) is 5.97. The van der Waals surface area contributed by atoms with E-state index in [1.54, 1.807) is 35.1 Å². The van der Waals surface area contributed by atoms with Gasteiger partial charge in [0.2, 0.25) is 5.91 Å². The van der Waals surface area contributed by atoms with E-state index in [1.807, 2.05) is 14.0 Å². The monoisotopic (exact) mass is 262 g/mol. The fraction of sp³-hybridized carbons (Fsp3) is 0.417. The minimum absolute atomic E-state index is 0.0219. The molecule has 2 rings (SSSR count). The molecule has 0 fully saturated rings. The number of aryl methyl sites for hydroxylation is 1. The lowest BCUT2D eigenvalue weighted by Gasteiger charge is -2.16. The highest BCUT2D eigenvalue weighted by molar-refractivity contribution is 5.75. The van der Waals surface area contributed by atoms with Gasteiger partial charge in [0, 0.05) is 38.1 Å². The molecule has 2 aromatic rings. The third-order valence-electron chi connectivity index (χ3n) is 3.13. The molecule has 0 atom stereocenters. The highest BCUT2D eigenvalue weighted by Crippen LogP contribution is 2.09. The van der Waals surface area contributed by atoms with Crippen LogP contribution in [0.2, 0.25) is 0 Å². The van der Waals surface area contributed by atoms with E-state index >= 15 is 0 Å². The summed E-state index contributed by atoms with van der Waals surface area (Å²) >= 11 is 0. The number of hydrogen-bond donors (Lipinski definition) is 1. The van der Waals surface area contributed by atoms with Crippen LogP contribution in [0.1, 0.15) is 11.3 Å². The molecule has 0 unspecified atom stereocenters. The average Bonchev–Trinajstić information content (AvgIpc) is 2.90. The summed E-state index contributed by atoms with van der Waals surface area (Å²) in [5, 5.41) is 8.15. The Morgan fingerprint density at radius 2 is 2.26 bits per heavy atom. The molecule has 0 radical (unpaired) electrons. The van der Waals surface area contributed by atoms with Crippen molar-refractivity contribution in [3.63, 3.8) is 0 Å². The van der Waals surface area contributed by atoms with E-state index in [0.29, 0.717) is 12.4 Å². The van der Waals surface area contributed by atoms with Crippen LogP contribution in [0.15, 0.2) is 18.5 Å². The predicted octanol–water partition coefficient (Wildman–Crippen LogP) is 0.166. The molecule has 0 spiro atoms. The van der Waals surface area contributed by atoms with Gasteiger partial charge in [0.1, 0.15) is 12.4 Å². The first kappa shape index (κ1) is 13.1. The third-order valence-corrected chi connectivity index (χ3v) is 3.13. The molecule has 2 heterocycles. The molecule has 2 N–H and O–H groups in total. The van der Waals surface area contributed by atoms with Crippen LogP contribution in [-0.2, 0) is 24.9 Å². The Kier molecular flexibility index (Phi) is 3.55. The zero-order valence-electron chi connectivity index (χ0n) is 11.4. The van der Waals surface area contributed by atoms with E-state index in [-0.39, 0.29) is 12.5 Å². The first-order valence-electron chi connectivity index (χ1n) is 5.97. The zero-order valence-corrected chi connectivity index (χ0v) is 11.4. The van der Waals surface area contributed by atoms with Crippen molar-refractivity contribution >= 4 is 11.7 Å². The number of rotatable bonds is 4. The second-order valence-electron chi connectivity index (χ2n) is 4.57. The number of amides is 1. The molecule has 0 aliphatic heterocycles. The first-order chi connectivity index (χ1) is 8.97. The van der Waals surface area contributed by atoms with Gasteiger partial charge in [-0.3, -0.25) is 14.2 Å². The maximum atomic E-state index is 12.0. The molecular formula is C12H18N6O. The normalized spacial score (nSPS) is 10.7. The van der Waals surface area contributed by atoms with Gasteiger partial charge in [-0.25, -0.2) is 0 Å². The van der Waals surface area contributed by atoms with Gasteiger partial charge in [-0.2, -0.15) is 10.2 Å². The van der Waals surface area contributed by atoms with E-state index < -0.39 is 0 Å². The summed E-state index contributed by atoms with van der Waals surface area (Å²) in [7, 11) is 3.65. The number of aromatic nitrogens is 4. The molecule has 0 aliphatic carbocycles. The summed E-state index contributed by atoms with van der Waals surface area (Å²) in [6.07, 6.45) is 3.47. The standard InChI is InChI=1S/C12H18N6O/c1-9-10(6-14-17(9)3)7-16(2)12(19)8-18-5-4-11(13)15-18/h4-6H,7-8H2,1-3H3,(H2,13,15).